The van der Waals surface area contributed by atoms with Gasteiger partial charge in [0.25, 0.3) is 0 Å². The van der Waals surface area contributed by atoms with Crippen LogP contribution < -0.4 is 0 Å². The molecule has 0 saturated carbocycles. The lowest BCUT2D eigenvalue weighted by molar-refractivity contribution is -0.144. The number of hydrogen-bond donors (Lipinski definition) is 0. The molecule has 0 N–H and O–H groups in total. The minimum absolute atomic E-state index is 0.00266. The maximum atomic E-state index is 15.2. The summed E-state index contributed by atoms with van der Waals surface area (Å²) in [5.41, 5.74) is 0.537. The molecular weight excluding hydrogens is 523 g/mol. The first kappa shape index (κ1) is 22.3. The molecule has 2 heterocycles. The highest BCUT2D eigenvalue weighted by atomic mass is 127. The predicted octanol–water partition coefficient (Wildman–Crippen LogP) is 4.65. The van der Waals surface area contributed by atoms with Crippen LogP contribution in [0.5, 0.6) is 0 Å². The van der Waals surface area contributed by atoms with Crippen LogP contribution in [-0.2, 0) is 20.6 Å². The summed E-state index contributed by atoms with van der Waals surface area (Å²) in [7, 11) is 0. The van der Waals surface area contributed by atoms with E-state index in [-0.39, 0.29) is 53.5 Å². The zero-order valence-electron chi connectivity index (χ0n) is 16.9. The van der Waals surface area contributed by atoms with Gasteiger partial charge < -0.3 is 18.6 Å². The van der Waals surface area contributed by atoms with Gasteiger partial charge in [0.2, 0.25) is 0 Å². The standard InChI is InChI=1S/C22H20F2INO5/c1-22(2)30-9-14(31-22)8-28-10-18(27)15-7-19-21(26-11-29-19)20(24)16(15)5-12-3-4-13(25)6-17(12)23/h3-4,6-7,11,14H,5,8-10H2,1-2H3. The Labute approximate surface area is 191 Å². The molecule has 1 atom stereocenters. The van der Waals surface area contributed by atoms with Crippen molar-refractivity contribution < 1.29 is 32.2 Å². The Kier molecular flexibility index (Phi) is 6.38. The Morgan fingerprint density at radius 3 is 2.84 bits per heavy atom. The number of carbonyl (C=O) groups is 1. The molecule has 0 radical (unpaired) electrons. The van der Waals surface area contributed by atoms with Crippen LogP contribution in [0.1, 0.15) is 35.3 Å². The predicted molar refractivity (Wildman–Crippen MR) is 116 cm³/mol. The molecule has 2 aromatic carbocycles. The first-order valence-corrected chi connectivity index (χ1v) is 10.7. The topological polar surface area (TPSA) is 70.8 Å². The Bertz CT molecular complexity index is 1130. The van der Waals surface area contributed by atoms with Crippen molar-refractivity contribution in [1.29, 1.82) is 0 Å². The van der Waals surface area contributed by atoms with Crippen molar-refractivity contribution in [3.63, 3.8) is 0 Å². The third-order valence-electron chi connectivity index (χ3n) is 4.96. The number of ketones is 1. The number of nitrogens with zero attached hydrogens (tertiary/aromatic N) is 1. The van der Waals surface area contributed by atoms with E-state index >= 15 is 4.39 Å². The molecule has 0 bridgehead atoms. The SMILES string of the molecule is CC1(C)OCC(COCC(=O)c2cc3ocnc3c(F)c2Cc2ccc(I)cc2F)O1. The van der Waals surface area contributed by atoms with E-state index in [1.54, 1.807) is 26.0 Å². The van der Waals surface area contributed by atoms with E-state index in [1.807, 2.05) is 22.6 Å². The number of aromatic nitrogens is 1. The second-order valence-corrected chi connectivity index (χ2v) is 8.96. The van der Waals surface area contributed by atoms with E-state index in [1.165, 1.54) is 12.1 Å². The zero-order valence-corrected chi connectivity index (χ0v) is 19.1. The summed E-state index contributed by atoms with van der Waals surface area (Å²) in [6, 6.07) is 6.09. The van der Waals surface area contributed by atoms with Crippen LogP contribution in [-0.4, -0.2) is 42.5 Å². The van der Waals surface area contributed by atoms with E-state index in [9.17, 15) is 9.18 Å². The maximum absolute atomic E-state index is 15.2. The summed E-state index contributed by atoms with van der Waals surface area (Å²) in [6.45, 7) is 3.81. The molecule has 1 aliphatic rings. The van der Waals surface area contributed by atoms with Crippen molar-refractivity contribution in [2.24, 2.45) is 0 Å². The molecule has 1 aliphatic heterocycles. The van der Waals surface area contributed by atoms with Crippen molar-refractivity contribution in [2.45, 2.75) is 32.2 Å². The van der Waals surface area contributed by atoms with Crippen LogP contribution >= 0.6 is 22.6 Å². The Balaban J connectivity index is 1.57. The van der Waals surface area contributed by atoms with Crippen LogP contribution in [0.3, 0.4) is 0 Å². The van der Waals surface area contributed by atoms with Gasteiger partial charge in [-0.1, -0.05) is 6.07 Å². The lowest BCUT2D eigenvalue weighted by Crippen LogP contribution is -2.25. The van der Waals surface area contributed by atoms with Crippen molar-refractivity contribution in [2.75, 3.05) is 19.8 Å². The van der Waals surface area contributed by atoms with Crippen LogP contribution in [0.25, 0.3) is 11.1 Å². The number of carbonyl (C=O) groups excluding carboxylic acids is 1. The highest BCUT2D eigenvalue weighted by Crippen LogP contribution is 2.28. The zero-order chi connectivity index (χ0) is 22.2. The van der Waals surface area contributed by atoms with Gasteiger partial charge >= 0.3 is 0 Å². The number of benzene rings is 2. The summed E-state index contributed by atoms with van der Waals surface area (Å²) >= 11 is 1.99. The van der Waals surface area contributed by atoms with Gasteiger partial charge in [0.1, 0.15) is 24.0 Å². The quantitative estimate of drug-likeness (QED) is 0.319. The summed E-state index contributed by atoms with van der Waals surface area (Å²) in [4.78, 5) is 16.8. The van der Waals surface area contributed by atoms with Gasteiger partial charge in [0.05, 0.1) is 13.2 Å². The second kappa shape index (κ2) is 8.89. The molecule has 1 aromatic heterocycles. The Hall–Kier alpha value is -1.95. The van der Waals surface area contributed by atoms with Gasteiger partial charge in [-0.2, -0.15) is 0 Å². The fraction of sp³-hybridized carbons (Fsp3) is 0.364. The van der Waals surface area contributed by atoms with Crippen LogP contribution in [0.4, 0.5) is 8.78 Å². The Morgan fingerprint density at radius 1 is 1.32 bits per heavy atom. The van der Waals surface area contributed by atoms with Crippen molar-refractivity contribution in [3.8, 4) is 0 Å². The first-order chi connectivity index (χ1) is 14.7. The number of ether oxygens (including phenoxy) is 3. The molecule has 1 unspecified atom stereocenters. The van der Waals surface area contributed by atoms with Crippen LogP contribution in [0.2, 0.25) is 0 Å². The largest absolute Gasteiger partial charge is 0.443 e. The van der Waals surface area contributed by atoms with Crippen LogP contribution in [0.15, 0.2) is 35.1 Å². The summed E-state index contributed by atoms with van der Waals surface area (Å²) < 4.78 is 52.1. The normalized spacial score (nSPS) is 18.0. The number of oxazole rings is 1. The maximum Gasteiger partial charge on any atom is 0.188 e. The third-order valence-corrected chi connectivity index (χ3v) is 5.63. The molecule has 0 spiro atoms. The molecule has 1 saturated heterocycles. The molecule has 6 nitrogen and oxygen atoms in total. The summed E-state index contributed by atoms with van der Waals surface area (Å²) in [5, 5.41) is 0. The molecular formula is C22H20F2INO5. The summed E-state index contributed by atoms with van der Waals surface area (Å²) in [5.74, 6) is -2.32. The van der Waals surface area contributed by atoms with Gasteiger partial charge in [-0.3, -0.25) is 4.79 Å². The highest BCUT2D eigenvalue weighted by Gasteiger charge is 2.33. The highest BCUT2D eigenvalue weighted by molar-refractivity contribution is 14.1. The minimum atomic E-state index is -0.707. The van der Waals surface area contributed by atoms with Crippen molar-refractivity contribution >= 4 is 39.5 Å². The fourth-order valence-corrected chi connectivity index (χ4v) is 3.94. The summed E-state index contributed by atoms with van der Waals surface area (Å²) in [6.07, 6.45) is 0.704. The fourth-order valence-electron chi connectivity index (χ4n) is 3.48. The van der Waals surface area contributed by atoms with E-state index in [4.69, 9.17) is 18.6 Å². The molecule has 0 aliphatic carbocycles. The average Bonchev–Trinajstić information content (AvgIpc) is 3.31. The van der Waals surface area contributed by atoms with E-state index in [2.05, 4.69) is 4.98 Å². The number of rotatable bonds is 7. The van der Waals surface area contributed by atoms with Gasteiger partial charge in [-0.05, 0) is 60.2 Å². The van der Waals surface area contributed by atoms with E-state index in [0.717, 1.165) is 9.96 Å². The van der Waals surface area contributed by atoms with E-state index < -0.39 is 23.2 Å². The smallest absolute Gasteiger partial charge is 0.188 e. The van der Waals surface area contributed by atoms with Crippen LogP contribution in [0, 0.1) is 15.2 Å². The number of fused-ring (bicyclic) bond motifs is 1. The van der Waals surface area contributed by atoms with Gasteiger partial charge in [-0.25, -0.2) is 13.8 Å². The lowest BCUT2D eigenvalue weighted by atomic mass is 9.95. The molecule has 0 amide bonds. The molecule has 4 rings (SSSR count). The average molecular weight is 543 g/mol. The molecule has 1 fully saturated rings. The van der Waals surface area contributed by atoms with Gasteiger partial charge in [-0.15, -0.1) is 0 Å². The van der Waals surface area contributed by atoms with Gasteiger partial charge in [0.15, 0.2) is 29.4 Å². The number of hydrogen-bond acceptors (Lipinski definition) is 6. The monoisotopic (exact) mass is 543 g/mol. The molecule has 164 valence electrons. The van der Waals surface area contributed by atoms with Crippen molar-refractivity contribution in [1.82, 2.24) is 4.98 Å². The number of halogens is 3. The minimum Gasteiger partial charge on any atom is -0.443 e. The molecule has 3 aromatic rings. The molecule has 31 heavy (non-hydrogen) atoms. The first-order valence-electron chi connectivity index (χ1n) is 9.65. The molecule has 9 heteroatoms. The number of Topliss-reactive ketones (excluding diaryl/α,β-unsaturated/α-hetero) is 1. The second-order valence-electron chi connectivity index (χ2n) is 7.72. The van der Waals surface area contributed by atoms with Crippen molar-refractivity contribution in [3.05, 3.63) is 62.6 Å². The van der Waals surface area contributed by atoms with E-state index in [0.29, 0.717) is 6.61 Å². The third kappa shape index (κ3) is 4.94. The van der Waals surface area contributed by atoms with Gasteiger partial charge in [0, 0.05) is 21.1 Å². The lowest BCUT2D eigenvalue weighted by Gasteiger charge is -2.17. The Morgan fingerprint density at radius 2 is 2.13 bits per heavy atom.